The zero-order chi connectivity index (χ0) is 23.8. The maximum Gasteiger partial charge on any atom is 0.0836 e. The lowest BCUT2D eigenvalue weighted by molar-refractivity contribution is 0.0357. The van der Waals surface area contributed by atoms with Crippen LogP contribution in [0.15, 0.2) is 47.6 Å². The molecule has 0 aromatic rings. The third-order valence-electron chi connectivity index (χ3n) is 10.0. The van der Waals surface area contributed by atoms with Crippen molar-refractivity contribution in [1.29, 1.82) is 0 Å². The van der Waals surface area contributed by atoms with Gasteiger partial charge in [-0.2, -0.15) is 0 Å². The molecule has 184 valence electrons. The molecule has 0 bridgehead atoms. The van der Waals surface area contributed by atoms with Crippen molar-refractivity contribution in [3.63, 3.8) is 0 Å². The van der Waals surface area contributed by atoms with Crippen molar-refractivity contribution in [2.75, 3.05) is 14.2 Å². The summed E-state index contributed by atoms with van der Waals surface area (Å²) in [6.07, 6.45) is 21.3. The number of allylic oxidation sites excluding steroid dienone is 4. The zero-order valence-corrected chi connectivity index (χ0v) is 22.2. The van der Waals surface area contributed by atoms with Crippen LogP contribution >= 0.6 is 0 Å². The summed E-state index contributed by atoms with van der Waals surface area (Å²) in [6, 6.07) is 0. The molecule has 5 unspecified atom stereocenters. The van der Waals surface area contributed by atoms with E-state index in [-0.39, 0.29) is 11.7 Å². The predicted molar refractivity (Wildman–Crippen MR) is 139 cm³/mol. The molecule has 4 aliphatic rings. The minimum atomic E-state index is -0.0524. The fraction of sp³-hybridized carbons (Fsp3) is 0.742. The van der Waals surface area contributed by atoms with Gasteiger partial charge >= 0.3 is 0 Å². The van der Waals surface area contributed by atoms with Crippen molar-refractivity contribution in [1.82, 2.24) is 0 Å². The summed E-state index contributed by atoms with van der Waals surface area (Å²) in [4.78, 5) is 0. The molecule has 33 heavy (non-hydrogen) atoms. The van der Waals surface area contributed by atoms with Crippen LogP contribution in [0.5, 0.6) is 0 Å². The Morgan fingerprint density at radius 2 is 2.00 bits per heavy atom. The lowest BCUT2D eigenvalue weighted by Crippen LogP contribution is -2.36. The summed E-state index contributed by atoms with van der Waals surface area (Å²) in [5.74, 6) is 3.70. The van der Waals surface area contributed by atoms with Crippen LogP contribution in [0.1, 0.15) is 85.5 Å². The van der Waals surface area contributed by atoms with E-state index < -0.39 is 0 Å². The number of hydrogen-bond donors (Lipinski definition) is 0. The Morgan fingerprint density at radius 1 is 1.21 bits per heavy atom. The van der Waals surface area contributed by atoms with E-state index in [9.17, 15) is 0 Å². The number of methoxy groups -OCH3 is 2. The summed E-state index contributed by atoms with van der Waals surface area (Å²) in [5, 5.41) is 0. The van der Waals surface area contributed by atoms with Gasteiger partial charge in [0, 0.05) is 14.2 Å². The number of fused-ring (bicyclic) bond motifs is 1. The first-order chi connectivity index (χ1) is 15.7. The average Bonchev–Trinajstić information content (AvgIpc) is 3.34. The second-order valence-corrected chi connectivity index (χ2v) is 12.4. The molecule has 0 amide bonds. The molecule has 2 heteroatoms. The molecule has 3 fully saturated rings. The zero-order valence-electron chi connectivity index (χ0n) is 22.2. The van der Waals surface area contributed by atoms with Gasteiger partial charge in [-0.1, -0.05) is 57.2 Å². The van der Waals surface area contributed by atoms with Crippen molar-refractivity contribution >= 4 is 0 Å². The van der Waals surface area contributed by atoms with Gasteiger partial charge in [0.1, 0.15) is 0 Å². The van der Waals surface area contributed by atoms with E-state index in [1.54, 1.807) is 5.57 Å². The maximum atomic E-state index is 5.75. The summed E-state index contributed by atoms with van der Waals surface area (Å²) in [6.45, 7) is 14.1. The highest BCUT2D eigenvalue weighted by Gasteiger charge is 2.51. The van der Waals surface area contributed by atoms with Crippen molar-refractivity contribution in [3.05, 3.63) is 47.6 Å². The van der Waals surface area contributed by atoms with Crippen LogP contribution in [-0.2, 0) is 9.47 Å². The van der Waals surface area contributed by atoms with E-state index >= 15 is 0 Å². The monoisotopic (exact) mass is 452 g/mol. The molecule has 8 atom stereocenters. The van der Waals surface area contributed by atoms with Crippen molar-refractivity contribution < 1.29 is 9.47 Å². The van der Waals surface area contributed by atoms with Gasteiger partial charge in [-0.3, -0.25) is 0 Å². The fourth-order valence-electron chi connectivity index (χ4n) is 8.09. The molecule has 2 nitrogen and oxygen atoms in total. The summed E-state index contributed by atoms with van der Waals surface area (Å²) in [5.41, 5.74) is 4.73. The minimum Gasteiger partial charge on any atom is -0.377 e. The van der Waals surface area contributed by atoms with Gasteiger partial charge in [0.05, 0.1) is 11.7 Å². The Kier molecular flexibility index (Phi) is 7.47. The number of rotatable bonds is 6. The number of hydrogen-bond acceptors (Lipinski definition) is 2. The van der Waals surface area contributed by atoms with Crippen molar-refractivity contribution in [2.24, 2.45) is 35.0 Å². The first kappa shape index (κ1) is 25.0. The quantitative estimate of drug-likeness (QED) is 0.379. The predicted octanol–water partition coefficient (Wildman–Crippen LogP) is 8.06. The number of ether oxygens (including phenoxy) is 2. The average molecular weight is 453 g/mol. The van der Waals surface area contributed by atoms with Crippen LogP contribution in [0.3, 0.4) is 0 Å². The SMILES string of the molecule is C=C1/C(=C\C=C2/CCC[C@@]3(C)C2CC[C@@H]3[C@H](C)CC2C=CC(C)(OC)C2)CC(C)CC1OC. The Hall–Kier alpha value is -1.12. The highest BCUT2D eigenvalue weighted by Crippen LogP contribution is 2.60. The lowest BCUT2D eigenvalue weighted by Gasteiger charge is -2.45. The van der Waals surface area contributed by atoms with E-state index in [2.05, 4.69) is 58.6 Å². The van der Waals surface area contributed by atoms with Gasteiger partial charge < -0.3 is 9.47 Å². The smallest absolute Gasteiger partial charge is 0.0836 e. The second kappa shape index (κ2) is 9.86. The highest BCUT2D eigenvalue weighted by molar-refractivity contribution is 5.38. The van der Waals surface area contributed by atoms with Crippen LogP contribution in [0.25, 0.3) is 0 Å². The first-order valence-electron chi connectivity index (χ1n) is 13.5. The van der Waals surface area contributed by atoms with Crippen LogP contribution in [0.4, 0.5) is 0 Å². The summed E-state index contributed by atoms with van der Waals surface area (Å²) >= 11 is 0. The summed E-state index contributed by atoms with van der Waals surface area (Å²) in [7, 11) is 3.68. The molecule has 0 aromatic heterocycles. The van der Waals surface area contributed by atoms with Gasteiger partial charge in [-0.05, 0) is 111 Å². The molecule has 0 spiro atoms. The van der Waals surface area contributed by atoms with E-state index in [0.717, 1.165) is 37.0 Å². The molecule has 0 heterocycles. The Balaban J connectivity index is 1.46. The summed E-state index contributed by atoms with van der Waals surface area (Å²) < 4.78 is 11.5. The van der Waals surface area contributed by atoms with E-state index in [1.807, 2.05) is 14.2 Å². The van der Waals surface area contributed by atoms with Crippen LogP contribution in [0, 0.1) is 35.0 Å². The Morgan fingerprint density at radius 3 is 2.70 bits per heavy atom. The third-order valence-corrected chi connectivity index (χ3v) is 10.0. The van der Waals surface area contributed by atoms with E-state index in [1.165, 1.54) is 49.7 Å². The van der Waals surface area contributed by atoms with Gasteiger partial charge in [0.15, 0.2) is 0 Å². The maximum absolute atomic E-state index is 5.75. The Labute approximate surface area is 203 Å². The normalized spacial score (nSPS) is 44.5. The van der Waals surface area contributed by atoms with Crippen molar-refractivity contribution in [3.8, 4) is 0 Å². The largest absolute Gasteiger partial charge is 0.377 e. The molecular weight excluding hydrogens is 404 g/mol. The molecule has 0 aromatic carbocycles. The molecule has 0 aliphatic heterocycles. The molecule has 4 aliphatic carbocycles. The van der Waals surface area contributed by atoms with Gasteiger partial charge in [0.25, 0.3) is 0 Å². The van der Waals surface area contributed by atoms with E-state index in [0.29, 0.717) is 17.3 Å². The van der Waals surface area contributed by atoms with Gasteiger partial charge in [-0.15, -0.1) is 0 Å². The standard InChI is InChI=1S/C31H48O2/c1-21-17-26(23(3)29(18-21)32-6)11-10-25-9-8-15-31(5)27(12-13-28(25)31)22(2)19-24-14-16-30(4,20-24)33-7/h10-11,14,16,21-22,24,27-29H,3,8-9,12-13,15,17-20H2,1-2,4-7H3/b25-10+,26-11-/t21?,22-,24?,27-,28?,29?,30?,31-/m1/s1. The molecule has 3 saturated carbocycles. The van der Waals surface area contributed by atoms with E-state index in [4.69, 9.17) is 9.47 Å². The second-order valence-electron chi connectivity index (χ2n) is 12.4. The topological polar surface area (TPSA) is 18.5 Å². The fourth-order valence-corrected chi connectivity index (χ4v) is 8.09. The molecule has 0 N–H and O–H groups in total. The first-order valence-corrected chi connectivity index (χ1v) is 13.5. The molecule has 0 radical (unpaired) electrons. The molecular formula is C31H48O2. The van der Waals surface area contributed by atoms with Gasteiger partial charge in [-0.25, -0.2) is 0 Å². The van der Waals surface area contributed by atoms with Crippen LogP contribution in [0.2, 0.25) is 0 Å². The van der Waals surface area contributed by atoms with Gasteiger partial charge in [0.2, 0.25) is 0 Å². The molecule has 0 saturated heterocycles. The highest BCUT2D eigenvalue weighted by atomic mass is 16.5. The lowest BCUT2D eigenvalue weighted by atomic mass is 9.60. The molecule has 4 rings (SSSR count). The Bertz CT molecular complexity index is 819. The van der Waals surface area contributed by atoms with Crippen molar-refractivity contribution in [2.45, 2.75) is 97.2 Å². The minimum absolute atomic E-state index is 0.0524. The van der Waals surface area contributed by atoms with Crippen LogP contribution in [-0.4, -0.2) is 25.9 Å². The third kappa shape index (κ3) is 4.98. The van der Waals surface area contributed by atoms with Crippen LogP contribution < -0.4 is 0 Å².